The lowest BCUT2D eigenvalue weighted by atomic mass is 10.2. The van der Waals surface area contributed by atoms with Crippen LogP contribution in [0.4, 0.5) is 5.69 Å². The SMILES string of the molecule is Cc1ccc2c(c1)SNC(SC1CCCC1)=N2. The van der Waals surface area contributed by atoms with Crippen LogP contribution >= 0.6 is 23.7 Å². The van der Waals surface area contributed by atoms with Crippen LogP contribution in [0.2, 0.25) is 0 Å². The number of nitrogens with one attached hydrogen (secondary N) is 1. The van der Waals surface area contributed by atoms with Crippen molar-refractivity contribution in [3.05, 3.63) is 23.8 Å². The topological polar surface area (TPSA) is 24.4 Å². The van der Waals surface area contributed by atoms with Crippen molar-refractivity contribution in [2.75, 3.05) is 0 Å². The molecule has 0 amide bonds. The van der Waals surface area contributed by atoms with Crippen LogP contribution in [0.1, 0.15) is 31.2 Å². The highest BCUT2D eigenvalue weighted by atomic mass is 32.2. The number of nitrogens with zero attached hydrogens (tertiary/aromatic N) is 1. The molecule has 0 radical (unpaired) electrons. The molecule has 0 saturated heterocycles. The Labute approximate surface area is 111 Å². The maximum Gasteiger partial charge on any atom is 0.172 e. The molecule has 1 aromatic rings. The Kier molecular flexibility index (Phi) is 3.34. The molecule has 17 heavy (non-hydrogen) atoms. The van der Waals surface area contributed by atoms with Gasteiger partial charge >= 0.3 is 0 Å². The molecule has 3 rings (SSSR count). The highest BCUT2D eigenvalue weighted by Crippen LogP contribution is 2.37. The van der Waals surface area contributed by atoms with Crippen LogP contribution in [0.25, 0.3) is 0 Å². The third-order valence-corrected chi connectivity index (χ3v) is 5.36. The van der Waals surface area contributed by atoms with E-state index in [1.54, 1.807) is 11.9 Å². The van der Waals surface area contributed by atoms with Gasteiger partial charge in [-0.05, 0) is 49.4 Å². The molecule has 0 bridgehead atoms. The molecule has 1 heterocycles. The first-order valence-electron chi connectivity index (χ1n) is 6.10. The van der Waals surface area contributed by atoms with Gasteiger partial charge in [0.2, 0.25) is 0 Å². The molecular weight excluding hydrogens is 248 g/mol. The fraction of sp³-hybridized carbons (Fsp3) is 0.462. The zero-order chi connectivity index (χ0) is 11.7. The van der Waals surface area contributed by atoms with Crippen LogP contribution in [-0.2, 0) is 0 Å². The molecule has 0 unspecified atom stereocenters. The van der Waals surface area contributed by atoms with E-state index in [2.05, 4.69) is 29.8 Å². The number of thioether (sulfide) groups is 1. The Hall–Kier alpha value is -0.610. The largest absolute Gasteiger partial charge is 0.305 e. The van der Waals surface area contributed by atoms with Gasteiger partial charge in [-0.15, -0.1) is 0 Å². The third kappa shape index (κ3) is 2.63. The van der Waals surface area contributed by atoms with E-state index in [9.17, 15) is 0 Å². The number of rotatable bonds is 1. The van der Waals surface area contributed by atoms with Crippen LogP contribution in [0.15, 0.2) is 28.1 Å². The van der Waals surface area contributed by atoms with E-state index in [0.29, 0.717) is 0 Å². The molecule has 4 heteroatoms. The van der Waals surface area contributed by atoms with Gasteiger partial charge in [0.25, 0.3) is 0 Å². The summed E-state index contributed by atoms with van der Waals surface area (Å²) in [4.78, 5) is 5.93. The van der Waals surface area contributed by atoms with Crippen LogP contribution < -0.4 is 4.72 Å². The summed E-state index contributed by atoms with van der Waals surface area (Å²) < 4.78 is 3.36. The van der Waals surface area contributed by atoms with E-state index in [-0.39, 0.29) is 0 Å². The van der Waals surface area contributed by atoms with Crippen LogP contribution in [-0.4, -0.2) is 10.4 Å². The van der Waals surface area contributed by atoms with Gasteiger partial charge in [-0.2, -0.15) is 0 Å². The smallest absolute Gasteiger partial charge is 0.172 e. The summed E-state index contributed by atoms with van der Waals surface area (Å²) >= 11 is 3.61. The second-order valence-electron chi connectivity index (χ2n) is 4.62. The van der Waals surface area contributed by atoms with Crippen molar-refractivity contribution in [1.29, 1.82) is 0 Å². The summed E-state index contributed by atoms with van der Waals surface area (Å²) in [6.07, 6.45) is 5.45. The predicted molar refractivity (Wildman–Crippen MR) is 77.1 cm³/mol. The monoisotopic (exact) mass is 264 g/mol. The lowest BCUT2D eigenvalue weighted by Gasteiger charge is -2.18. The standard InChI is InChI=1S/C13H16N2S2/c1-9-6-7-11-12(8-9)17-15-13(14-11)16-10-4-2-3-5-10/h6-8,10H,2-5H2,1H3,(H,14,15). The molecular formula is C13H16N2S2. The average molecular weight is 264 g/mol. The van der Waals surface area contributed by atoms with Gasteiger partial charge in [0.15, 0.2) is 5.17 Å². The molecule has 2 aliphatic rings. The molecule has 0 spiro atoms. The minimum atomic E-state index is 0.772. The second kappa shape index (κ2) is 4.94. The first-order valence-corrected chi connectivity index (χ1v) is 7.80. The summed E-state index contributed by atoms with van der Waals surface area (Å²) in [6.45, 7) is 2.12. The van der Waals surface area contributed by atoms with Gasteiger partial charge in [-0.1, -0.05) is 30.7 Å². The number of aryl methyl sites for hydroxylation is 1. The quantitative estimate of drug-likeness (QED) is 0.767. The van der Waals surface area contributed by atoms with Crippen molar-refractivity contribution < 1.29 is 0 Å². The first-order chi connectivity index (χ1) is 8.31. The summed E-state index contributed by atoms with van der Waals surface area (Å²) in [5, 5.41) is 1.85. The van der Waals surface area contributed by atoms with Gasteiger partial charge in [0.05, 0.1) is 10.6 Å². The third-order valence-electron chi connectivity index (χ3n) is 3.17. The molecule has 1 aromatic carbocycles. The molecule has 2 nitrogen and oxygen atoms in total. The second-order valence-corrected chi connectivity index (χ2v) is 6.75. The van der Waals surface area contributed by atoms with Crippen molar-refractivity contribution in [3.8, 4) is 0 Å². The van der Waals surface area contributed by atoms with Gasteiger partial charge in [-0.3, -0.25) is 0 Å². The number of fused-ring (bicyclic) bond motifs is 1. The van der Waals surface area contributed by atoms with Crippen molar-refractivity contribution in [2.45, 2.75) is 42.8 Å². The van der Waals surface area contributed by atoms with E-state index >= 15 is 0 Å². The Balaban J connectivity index is 1.77. The van der Waals surface area contributed by atoms with Gasteiger partial charge < -0.3 is 4.72 Å². The highest BCUT2D eigenvalue weighted by molar-refractivity contribution is 8.16. The Morgan fingerprint density at radius 2 is 2.18 bits per heavy atom. The Bertz CT molecular complexity index is 451. The number of benzene rings is 1. The zero-order valence-electron chi connectivity index (χ0n) is 9.90. The number of hydrogen-bond donors (Lipinski definition) is 1. The summed E-state index contributed by atoms with van der Waals surface area (Å²) in [5.41, 5.74) is 2.40. The van der Waals surface area contributed by atoms with E-state index in [1.807, 2.05) is 11.8 Å². The zero-order valence-corrected chi connectivity index (χ0v) is 11.5. The highest BCUT2D eigenvalue weighted by Gasteiger charge is 2.20. The Morgan fingerprint density at radius 3 is 3.00 bits per heavy atom. The fourth-order valence-electron chi connectivity index (χ4n) is 2.24. The molecule has 1 saturated carbocycles. The molecule has 1 aliphatic heterocycles. The predicted octanol–water partition coefficient (Wildman–Crippen LogP) is 4.27. The lowest BCUT2D eigenvalue weighted by Crippen LogP contribution is -2.17. The van der Waals surface area contributed by atoms with E-state index in [4.69, 9.17) is 4.99 Å². The molecule has 1 aliphatic carbocycles. The van der Waals surface area contributed by atoms with Gasteiger partial charge in [0.1, 0.15) is 0 Å². The fourth-order valence-corrected chi connectivity index (χ4v) is 4.30. The minimum Gasteiger partial charge on any atom is -0.305 e. The number of aliphatic imine (C=N–C) groups is 1. The number of amidine groups is 1. The van der Waals surface area contributed by atoms with E-state index in [0.717, 1.165) is 16.1 Å². The molecule has 90 valence electrons. The van der Waals surface area contributed by atoms with Crippen molar-refractivity contribution >= 4 is 34.6 Å². The summed E-state index contributed by atoms with van der Waals surface area (Å²) in [6, 6.07) is 6.44. The van der Waals surface area contributed by atoms with Crippen LogP contribution in [0.5, 0.6) is 0 Å². The van der Waals surface area contributed by atoms with E-state index in [1.165, 1.54) is 36.1 Å². The van der Waals surface area contributed by atoms with Crippen LogP contribution in [0, 0.1) is 6.92 Å². The lowest BCUT2D eigenvalue weighted by molar-refractivity contribution is 0.886. The maximum absolute atomic E-state index is 4.70. The molecule has 0 atom stereocenters. The molecule has 1 N–H and O–H groups in total. The van der Waals surface area contributed by atoms with Crippen molar-refractivity contribution in [3.63, 3.8) is 0 Å². The van der Waals surface area contributed by atoms with Crippen molar-refractivity contribution in [2.24, 2.45) is 4.99 Å². The van der Waals surface area contributed by atoms with E-state index < -0.39 is 0 Å². The van der Waals surface area contributed by atoms with Crippen LogP contribution in [0.3, 0.4) is 0 Å². The normalized spacial score (nSPS) is 19.7. The van der Waals surface area contributed by atoms with Gasteiger partial charge in [0, 0.05) is 5.25 Å². The number of hydrogen-bond acceptors (Lipinski definition) is 4. The van der Waals surface area contributed by atoms with Gasteiger partial charge in [-0.25, -0.2) is 4.99 Å². The molecule has 0 aromatic heterocycles. The minimum absolute atomic E-state index is 0.772. The summed E-state index contributed by atoms with van der Waals surface area (Å²) in [7, 11) is 0. The molecule has 1 fully saturated rings. The average Bonchev–Trinajstić information content (AvgIpc) is 2.82. The first kappa shape index (κ1) is 11.5. The Morgan fingerprint density at radius 1 is 1.35 bits per heavy atom. The van der Waals surface area contributed by atoms with Crippen molar-refractivity contribution in [1.82, 2.24) is 4.72 Å². The maximum atomic E-state index is 4.70. The summed E-state index contributed by atoms with van der Waals surface area (Å²) in [5.74, 6) is 0.